The van der Waals surface area contributed by atoms with Crippen molar-refractivity contribution in [3.05, 3.63) is 118 Å². The molecule has 0 saturated carbocycles. The Bertz CT molecular complexity index is 1780. The topological polar surface area (TPSA) is 92.8 Å². The van der Waals surface area contributed by atoms with Crippen molar-refractivity contribution in [2.45, 2.75) is 0 Å². The lowest BCUT2D eigenvalue weighted by molar-refractivity contribution is 0.0729. The van der Waals surface area contributed by atoms with Gasteiger partial charge in [-0.2, -0.15) is 5.10 Å². The smallest absolute Gasteiger partial charge is 0.345 e. The van der Waals surface area contributed by atoms with Gasteiger partial charge in [0.05, 0.1) is 29.4 Å². The average molecular weight is 576 g/mol. The molecule has 1 heterocycles. The lowest BCUT2D eigenvalue weighted by atomic mass is 10.0. The first-order chi connectivity index (χ1) is 19.4. The lowest BCUT2D eigenvalue weighted by Gasteiger charge is -2.10. The number of nitrogens with one attached hydrogen (secondary N) is 2. The van der Waals surface area contributed by atoms with Crippen LogP contribution in [0.4, 0.5) is 4.39 Å². The van der Waals surface area contributed by atoms with Crippen LogP contribution in [0.2, 0.25) is 10.0 Å². The van der Waals surface area contributed by atoms with Crippen molar-refractivity contribution in [3.63, 3.8) is 0 Å². The SMILES string of the molecule is COc1cc(C=NNC(=O)c2[nH]c3c(F)cccc3c2-c2ccccc2Cl)ccc1OC(=O)c1ccccc1Cl. The van der Waals surface area contributed by atoms with Gasteiger partial charge >= 0.3 is 5.97 Å². The van der Waals surface area contributed by atoms with Gasteiger partial charge in [-0.15, -0.1) is 0 Å². The zero-order valence-corrected chi connectivity index (χ0v) is 22.4. The number of halogens is 3. The summed E-state index contributed by atoms with van der Waals surface area (Å²) >= 11 is 12.5. The van der Waals surface area contributed by atoms with Crippen molar-refractivity contribution in [2.24, 2.45) is 5.10 Å². The zero-order chi connectivity index (χ0) is 28.2. The highest BCUT2D eigenvalue weighted by atomic mass is 35.5. The van der Waals surface area contributed by atoms with E-state index in [4.69, 9.17) is 32.7 Å². The number of fused-ring (bicyclic) bond motifs is 1. The minimum absolute atomic E-state index is 0.102. The number of rotatable bonds is 7. The fourth-order valence-electron chi connectivity index (χ4n) is 4.15. The van der Waals surface area contributed by atoms with Gasteiger partial charge in [0.1, 0.15) is 11.5 Å². The number of methoxy groups -OCH3 is 1. The standard InChI is InChI=1S/C30H20Cl2FN3O4/c1-39-25-15-17(13-14-24(25)40-30(38)19-8-3-5-11-22(19)32)16-34-36-29(37)28-26(18-7-2-4-10-21(18)31)20-9-6-12-23(33)27(20)35-28/h2-16,35H,1H3,(H,36,37). The van der Waals surface area contributed by atoms with Crippen molar-refractivity contribution in [2.75, 3.05) is 7.11 Å². The van der Waals surface area contributed by atoms with E-state index in [-0.39, 0.29) is 33.3 Å². The van der Waals surface area contributed by atoms with Gasteiger partial charge in [0, 0.05) is 21.5 Å². The van der Waals surface area contributed by atoms with Crippen molar-refractivity contribution >= 4 is 52.2 Å². The van der Waals surface area contributed by atoms with E-state index in [0.717, 1.165) is 0 Å². The molecule has 200 valence electrons. The lowest BCUT2D eigenvalue weighted by Crippen LogP contribution is -2.19. The van der Waals surface area contributed by atoms with Crippen LogP contribution in [0.5, 0.6) is 11.5 Å². The van der Waals surface area contributed by atoms with Crippen LogP contribution < -0.4 is 14.9 Å². The number of H-pyrrole nitrogens is 1. The van der Waals surface area contributed by atoms with E-state index in [1.54, 1.807) is 72.8 Å². The molecule has 0 fully saturated rings. The molecule has 10 heteroatoms. The Kier molecular flexibility index (Phi) is 7.82. The summed E-state index contributed by atoms with van der Waals surface area (Å²) in [4.78, 5) is 28.6. The molecule has 40 heavy (non-hydrogen) atoms. The molecule has 5 rings (SSSR count). The number of hydrogen-bond acceptors (Lipinski definition) is 5. The van der Waals surface area contributed by atoms with E-state index in [2.05, 4.69) is 15.5 Å². The Morgan fingerprint density at radius 1 is 0.925 bits per heavy atom. The molecule has 1 aromatic heterocycles. The molecule has 0 aliphatic heterocycles. The Balaban J connectivity index is 1.38. The molecule has 0 aliphatic rings. The summed E-state index contributed by atoms with van der Waals surface area (Å²) < 4.78 is 25.4. The van der Waals surface area contributed by atoms with E-state index < -0.39 is 17.7 Å². The van der Waals surface area contributed by atoms with E-state index >= 15 is 0 Å². The number of amides is 1. The van der Waals surface area contributed by atoms with E-state index in [1.165, 1.54) is 25.5 Å². The summed E-state index contributed by atoms with van der Waals surface area (Å²) in [7, 11) is 1.43. The molecule has 1 amide bonds. The number of para-hydroxylation sites is 1. The zero-order valence-electron chi connectivity index (χ0n) is 20.9. The molecule has 0 aliphatic carbocycles. The van der Waals surface area contributed by atoms with Crippen LogP contribution in [0.25, 0.3) is 22.0 Å². The number of carbonyl (C=O) groups excluding carboxylic acids is 2. The molecule has 2 N–H and O–H groups in total. The maximum absolute atomic E-state index is 14.6. The van der Waals surface area contributed by atoms with Crippen molar-refractivity contribution in [1.29, 1.82) is 0 Å². The first-order valence-electron chi connectivity index (χ1n) is 11.9. The number of nitrogens with zero attached hydrogens (tertiary/aromatic N) is 1. The molecule has 4 aromatic carbocycles. The predicted octanol–water partition coefficient (Wildman–Crippen LogP) is 7.27. The predicted molar refractivity (Wildman–Crippen MR) is 153 cm³/mol. The highest BCUT2D eigenvalue weighted by Gasteiger charge is 2.22. The monoisotopic (exact) mass is 575 g/mol. The molecular weight excluding hydrogens is 556 g/mol. The van der Waals surface area contributed by atoms with Gasteiger partial charge in [0.2, 0.25) is 0 Å². The number of hydrazone groups is 1. The first-order valence-corrected chi connectivity index (χ1v) is 12.7. The van der Waals surface area contributed by atoms with E-state index in [1.807, 2.05) is 0 Å². The number of esters is 1. The van der Waals surface area contributed by atoms with Crippen molar-refractivity contribution in [1.82, 2.24) is 10.4 Å². The summed E-state index contributed by atoms with van der Waals surface area (Å²) in [5, 5.41) is 5.22. The summed E-state index contributed by atoms with van der Waals surface area (Å²) in [6, 6.07) is 22.8. The third kappa shape index (κ3) is 5.40. The molecule has 0 radical (unpaired) electrons. The van der Waals surface area contributed by atoms with Crippen LogP contribution in [0.3, 0.4) is 0 Å². The number of ether oxygens (including phenoxy) is 2. The highest BCUT2D eigenvalue weighted by molar-refractivity contribution is 6.34. The van der Waals surface area contributed by atoms with Crippen LogP contribution in [-0.4, -0.2) is 30.2 Å². The van der Waals surface area contributed by atoms with Gasteiger partial charge in [0.25, 0.3) is 5.91 Å². The second-order valence-electron chi connectivity index (χ2n) is 8.50. The summed E-state index contributed by atoms with van der Waals surface area (Å²) in [6.45, 7) is 0. The van der Waals surface area contributed by atoms with E-state index in [9.17, 15) is 14.0 Å². The summed E-state index contributed by atoms with van der Waals surface area (Å²) in [6.07, 6.45) is 1.39. The van der Waals surface area contributed by atoms with Gasteiger partial charge in [-0.3, -0.25) is 4.79 Å². The third-order valence-electron chi connectivity index (χ3n) is 6.02. The van der Waals surface area contributed by atoms with Crippen molar-refractivity contribution in [3.8, 4) is 22.6 Å². The third-order valence-corrected chi connectivity index (χ3v) is 6.68. The maximum Gasteiger partial charge on any atom is 0.345 e. The normalized spacial score (nSPS) is 11.1. The second-order valence-corrected chi connectivity index (χ2v) is 9.31. The Morgan fingerprint density at radius 2 is 1.68 bits per heavy atom. The number of benzene rings is 4. The minimum atomic E-state index is -0.637. The van der Waals surface area contributed by atoms with Gasteiger partial charge in [-0.25, -0.2) is 14.6 Å². The molecular formula is C30H20Cl2FN3O4. The molecule has 0 atom stereocenters. The first kappa shape index (κ1) is 26.9. The Morgan fingerprint density at radius 3 is 2.42 bits per heavy atom. The highest BCUT2D eigenvalue weighted by Crippen LogP contribution is 2.37. The molecule has 7 nitrogen and oxygen atoms in total. The number of hydrogen-bond donors (Lipinski definition) is 2. The minimum Gasteiger partial charge on any atom is -0.493 e. The van der Waals surface area contributed by atoms with Crippen LogP contribution in [0, 0.1) is 5.82 Å². The van der Waals surface area contributed by atoms with Gasteiger partial charge < -0.3 is 14.5 Å². The second kappa shape index (κ2) is 11.6. The van der Waals surface area contributed by atoms with Gasteiger partial charge in [-0.05, 0) is 48.0 Å². The fourth-order valence-corrected chi connectivity index (χ4v) is 4.59. The molecule has 5 aromatic rings. The van der Waals surface area contributed by atoms with Crippen LogP contribution in [0.15, 0.2) is 90.0 Å². The Labute approximate surface area is 238 Å². The summed E-state index contributed by atoms with van der Waals surface area (Å²) in [5.41, 5.74) is 4.53. The quantitative estimate of drug-likeness (QED) is 0.0923. The van der Waals surface area contributed by atoms with Crippen LogP contribution >= 0.6 is 23.2 Å². The Hall–Kier alpha value is -4.66. The maximum atomic E-state index is 14.6. The number of aromatic amines is 1. The molecule has 0 bridgehead atoms. The number of aromatic nitrogens is 1. The molecule has 0 saturated heterocycles. The average Bonchev–Trinajstić information content (AvgIpc) is 3.35. The van der Waals surface area contributed by atoms with Crippen molar-refractivity contribution < 1.29 is 23.5 Å². The largest absolute Gasteiger partial charge is 0.493 e. The molecule has 0 unspecified atom stereocenters. The van der Waals surface area contributed by atoms with Gasteiger partial charge in [0.15, 0.2) is 11.5 Å². The fraction of sp³-hybridized carbons (Fsp3) is 0.0333. The van der Waals surface area contributed by atoms with Gasteiger partial charge in [-0.1, -0.05) is 65.7 Å². The van der Waals surface area contributed by atoms with Crippen LogP contribution in [-0.2, 0) is 0 Å². The van der Waals surface area contributed by atoms with E-state index in [0.29, 0.717) is 27.1 Å². The molecule has 0 spiro atoms. The number of carbonyl (C=O) groups is 2. The van der Waals surface area contributed by atoms with Crippen LogP contribution in [0.1, 0.15) is 26.4 Å². The summed E-state index contributed by atoms with van der Waals surface area (Å²) in [5.74, 6) is -1.29.